The van der Waals surface area contributed by atoms with Crippen LogP contribution >= 0.6 is 0 Å². The lowest BCUT2D eigenvalue weighted by molar-refractivity contribution is 0.0710. The third-order valence-corrected chi connectivity index (χ3v) is 4.81. The maximum atomic E-state index is 12.5. The van der Waals surface area contributed by atoms with Crippen molar-refractivity contribution in [3.05, 3.63) is 12.4 Å². The third kappa shape index (κ3) is 4.50. The third-order valence-electron chi connectivity index (χ3n) is 4.81. The van der Waals surface area contributed by atoms with Crippen LogP contribution < -0.4 is 15.5 Å². The molecule has 2 aliphatic heterocycles. The molecule has 8 heteroatoms. The number of amides is 2. The molecule has 0 spiro atoms. The summed E-state index contributed by atoms with van der Waals surface area (Å²) in [6.45, 7) is 5.72. The molecule has 2 N–H and O–H groups in total. The summed E-state index contributed by atoms with van der Waals surface area (Å²) in [6.07, 6.45) is 4.72. The zero-order chi connectivity index (χ0) is 17.6. The first-order valence-corrected chi connectivity index (χ1v) is 9.08. The number of hydrogen-bond donors (Lipinski definition) is 2. The summed E-state index contributed by atoms with van der Waals surface area (Å²) in [4.78, 5) is 25.2. The second-order valence-corrected chi connectivity index (χ2v) is 6.67. The summed E-state index contributed by atoms with van der Waals surface area (Å²) < 4.78 is 5.61. The monoisotopic (exact) mass is 348 g/mol. The molecular formula is C17H28N6O2. The Labute approximate surface area is 148 Å². The number of urea groups is 1. The van der Waals surface area contributed by atoms with Crippen molar-refractivity contribution in [1.29, 1.82) is 0 Å². The van der Waals surface area contributed by atoms with Crippen molar-refractivity contribution in [2.24, 2.45) is 0 Å². The van der Waals surface area contributed by atoms with Gasteiger partial charge in [-0.3, -0.25) is 0 Å². The number of anilines is 2. The number of carbonyl (C=O) groups excluding carboxylic acids is 1. The van der Waals surface area contributed by atoms with Crippen LogP contribution in [0.5, 0.6) is 0 Å². The molecule has 1 aromatic heterocycles. The van der Waals surface area contributed by atoms with Crippen molar-refractivity contribution in [2.45, 2.75) is 38.3 Å². The summed E-state index contributed by atoms with van der Waals surface area (Å²) in [7, 11) is 1.85. The molecule has 0 unspecified atom stereocenters. The van der Waals surface area contributed by atoms with Crippen molar-refractivity contribution >= 4 is 17.7 Å². The highest BCUT2D eigenvalue weighted by atomic mass is 16.5. The molecule has 0 radical (unpaired) electrons. The van der Waals surface area contributed by atoms with Gasteiger partial charge in [0.15, 0.2) is 0 Å². The largest absolute Gasteiger partial charge is 0.377 e. The van der Waals surface area contributed by atoms with Gasteiger partial charge >= 0.3 is 6.03 Å². The van der Waals surface area contributed by atoms with Crippen LogP contribution in [-0.4, -0.2) is 72.9 Å². The van der Waals surface area contributed by atoms with Crippen molar-refractivity contribution in [3.63, 3.8) is 0 Å². The van der Waals surface area contributed by atoms with E-state index in [-0.39, 0.29) is 18.2 Å². The summed E-state index contributed by atoms with van der Waals surface area (Å²) in [6, 6.07) is 2.22. The predicted molar refractivity (Wildman–Crippen MR) is 96.9 cm³/mol. The molecule has 2 saturated heterocycles. The SMILES string of the molecule is CNc1cc(N2CCC[C@H]2CNC(=O)N2CCCO[C@@H](C)C2)ncn1. The van der Waals surface area contributed by atoms with Crippen LogP contribution in [0.2, 0.25) is 0 Å². The number of ether oxygens (including phenoxy) is 1. The van der Waals surface area contributed by atoms with E-state index in [0.29, 0.717) is 13.1 Å². The van der Waals surface area contributed by atoms with Crippen LogP contribution in [0.15, 0.2) is 12.4 Å². The molecule has 25 heavy (non-hydrogen) atoms. The zero-order valence-electron chi connectivity index (χ0n) is 15.1. The molecule has 0 bridgehead atoms. The van der Waals surface area contributed by atoms with Crippen molar-refractivity contribution in [2.75, 3.05) is 50.1 Å². The second-order valence-electron chi connectivity index (χ2n) is 6.67. The number of rotatable bonds is 4. The molecule has 2 fully saturated rings. The maximum absolute atomic E-state index is 12.5. The highest BCUT2D eigenvalue weighted by Crippen LogP contribution is 2.24. The average molecular weight is 348 g/mol. The fourth-order valence-corrected chi connectivity index (χ4v) is 3.49. The first-order chi connectivity index (χ1) is 12.2. The van der Waals surface area contributed by atoms with Crippen molar-refractivity contribution in [3.8, 4) is 0 Å². The first-order valence-electron chi connectivity index (χ1n) is 9.08. The predicted octanol–water partition coefficient (Wildman–Crippen LogP) is 1.31. The highest BCUT2D eigenvalue weighted by molar-refractivity contribution is 5.74. The first kappa shape index (κ1) is 17.7. The molecule has 8 nitrogen and oxygen atoms in total. The van der Waals surface area contributed by atoms with E-state index in [0.717, 1.165) is 50.6 Å². The smallest absolute Gasteiger partial charge is 0.317 e. The Morgan fingerprint density at radius 1 is 1.36 bits per heavy atom. The van der Waals surface area contributed by atoms with E-state index in [1.165, 1.54) is 0 Å². The molecule has 2 amide bonds. The molecule has 0 saturated carbocycles. The van der Waals surface area contributed by atoms with Gasteiger partial charge < -0.3 is 25.2 Å². The Morgan fingerprint density at radius 3 is 3.08 bits per heavy atom. The molecule has 2 atom stereocenters. The topological polar surface area (TPSA) is 82.6 Å². The summed E-state index contributed by atoms with van der Waals surface area (Å²) in [5, 5.41) is 6.14. The van der Waals surface area contributed by atoms with Gasteiger partial charge in [0.2, 0.25) is 0 Å². The van der Waals surface area contributed by atoms with Crippen LogP contribution in [0.4, 0.5) is 16.4 Å². The zero-order valence-corrected chi connectivity index (χ0v) is 15.1. The minimum Gasteiger partial charge on any atom is -0.377 e. The van der Waals surface area contributed by atoms with Gasteiger partial charge in [0, 0.05) is 51.9 Å². The van der Waals surface area contributed by atoms with Gasteiger partial charge in [-0.05, 0) is 26.2 Å². The molecule has 0 aliphatic carbocycles. The highest BCUT2D eigenvalue weighted by Gasteiger charge is 2.27. The van der Waals surface area contributed by atoms with Crippen molar-refractivity contribution < 1.29 is 9.53 Å². The van der Waals surface area contributed by atoms with E-state index in [4.69, 9.17) is 4.74 Å². The number of carbonyl (C=O) groups is 1. The average Bonchev–Trinajstić information content (AvgIpc) is 3.00. The van der Waals surface area contributed by atoms with E-state index in [9.17, 15) is 4.79 Å². The summed E-state index contributed by atoms with van der Waals surface area (Å²) >= 11 is 0. The lowest BCUT2D eigenvalue weighted by Gasteiger charge is -2.28. The molecule has 0 aromatic carbocycles. The molecular weight excluding hydrogens is 320 g/mol. The maximum Gasteiger partial charge on any atom is 0.317 e. The molecule has 1 aromatic rings. The normalized spacial score (nSPS) is 24.1. The van der Waals surface area contributed by atoms with E-state index >= 15 is 0 Å². The quantitative estimate of drug-likeness (QED) is 0.854. The van der Waals surface area contributed by atoms with Gasteiger partial charge in [-0.15, -0.1) is 0 Å². The van der Waals surface area contributed by atoms with Gasteiger partial charge in [0.05, 0.1) is 6.10 Å². The number of hydrogen-bond acceptors (Lipinski definition) is 6. The van der Waals surface area contributed by atoms with Crippen LogP contribution in [0.1, 0.15) is 26.2 Å². The molecule has 2 aliphatic rings. The van der Waals surface area contributed by atoms with Crippen LogP contribution in [-0.2, 0) is 4.74 Å². The van der Waals surface area contributed by atoms with Gasteiger partial charge in [0.1, 0.15) is 18.0 Å². The number of aromatic nitrogens is 2. The van der Waals surface area contributed by atoms with Crippen LogP contribution in [0.3, 0.4) is 0 Å². The number of nitrogens with one attached hydrogen (secondary N) is 2. The lowest BCUT2D eigenvalue weighted by atomic mass is 10.2. The van der Waals surface area contributed by atoms with Gasteiger partial charge in [-0.25, -0.2) is 14.8 Å². The minimum absolute atomic E-state index is 0.00259. The fourth-order valence-electron chi connectivity index (χ4n) is 3.49. The Balaban J connectivity index is 1.57. The van der Waals surface area contributed by atoms with E-state index in [1.54, 1.807) is 6.33 Å². The Morgan fingerprint density at radius 2 is 2.24 bits per heavy atom. The number of nitrogens with zero attached hydrogens (tertiary/aromatic N) is 4. The Kier molecular flexibility index (Phi) is 5.91. The van der Waals surface area contributed by atoms with Gasteiger partial charge in [0.25, 0.3) is 0 Å². The Bertz CT molecular complexity index is 584. The van der Waals surface area contributed by atoms with E-state index < -0.39 is 0 Å². The van der Waals surface area contributed by atoms with E-state index in [1.807, 2.05) is 24.9 Å². The lowest BCUT2D eigenvalue weighted by Crippen LogP contribution is -2.47. The van der Waals surface area contributed by atoms with Crippen molar-refractivity contribution in [1.82, 2.24) is 20.2 Å². The van der Waals surface area contributed by atoms with E-state index in [2.05, 4.69) is 25.5 Å². The van der Waals surface area contributed by atoms with Crippen LogP contribution in [0, 0.1) is 0 Å². The van der Waals surface area contributed by atoms with Gasteiger partial charge in [-0.2, -0.15) is 0 Å². The summed E-state index contributed by atoms with van der Waals surface area (Å²) in [5.41, 5.74) is 0. The molecule has 3 rings (SSSR count). The fraction of sp³-hybridized carbons (Fsp3) is 0.706. The van der Waals surface area contributed by atoms with Crippen LogP contribution in [0.25, 0.3) is 0 Å². The second kappa shape index (κ2) is 8.33. The Hall–Kier alpha value is -2.09. The van der Waals surface area contributed by atoms with Gasteiger partial charge in [-0.1, -0.05) is 0 Å². The summed E-state index contributed by atoms with van der Waals surface area (Å²) in [5.74, 6) is 1.71. The molecule has 138 valence electrons. The standard InChI is InChI=1S/C17H28N6O2/c1-13-11-22(6-4-8-25-13)17(24)19-10-14-5-3-7-23(14)16-9-15(18-2)20-12-21-16/h9,12-14H,3-8,10-11H2,1-2H3,(H,19,24)(H,18,20,21)/t13-,14-/m0/s1. The molecule has 3 heterocycles. The minimum atomic E-state index is 0.00259.